The zero-order chi connectivity index (χ0) is 25.4. The Labute approximate surface area is 222 Å². The number of amides is 1. The number of benzene rings is 2. The van der Waals surface area contributed by atoms with Crippen molar-refractivity contribution in [3.05, 3.63) is 62.9 Å². The molecule has 0 unspecified atom stereocenters. The Morgan fingerprint density at radius 2 is 1.89 bits per heavy atom. The predicted molar refractivity (Wildman–Crippen MR) is 138 cm³/mol. The summed E-state index contributed by atoms with van der Waals surface area (Å²) in [6.45, 7) is 2.42. The summed E-state index contributed by atoms with van der Waals surface area (Å²) in [6, 6.07) is 9.65. The Morgan fingerprint density at radius 1 is 1.09 bits per heavy atom. The number of ether oxygens (including phenoxy) is 2. The second-order valence-electron chi connectivity index (χ2n) is 7.24. The standard InChI is InChI=1S/C23H23Cl3N4O4S/c1-3-33-22(32)14-6-8-16(25)18(11-14)27-21(31)13-35-23-29-28-20(30(23)2)5-4-10-34-19-9-7-15(24)12-17(19)26/h6-9,11-12H,3-5,10,13H2,1-2H3,(H,27,31). The van der Waals surface area contributed by atoms with Gasteiger partial charge < -0.3 is 19.4 Å². The molecule has 3 rings (SSSR count). The molecule has 1 aromatic heterocycles. The molecular weight excluding hydrogens is 535 g/mol. The van der Waals surface area contributed by atoms with Gasteiger partial charge >= 0.3 is 5.97 Å². The summed E-state index contributed by atoms with van der Waals surface area (Å²) < 4.78 is 12.5. The number of anilines is 1. The monoisotopic (exact) mass is 556 g/mol. The van der Waals surface area contributed by atoms with Gasteiger partial charge in [0.2, 0.25) is 5.91 Å². The van der Waals surface area contributed by atoms with Crippen molar-refractivity contribution in [3.63, 3.8) is 0 Å². The first-order valence-electron chi connectivity index (χ1n) is 10.6. The van der Waals surface area contributed by atoms with Crippen LogP contribution in [0.3, 0.4) is 0 Å². The predicted octanol–water partition coefficient (Wildman–Crippen LogP) is 5.69. The number of carbonyl (C=O) groups excluding carboxylic acids is 2. The maximum Gasteiger partial charge on any atom is 0.338 e. The summed E-state index contributed by atoms with van der Waals surface area (Å²) in [5, 5.41) is 13.0. The highest BCUT2D eigenvalue weighted by atomic mass is 35.5. The minimum Gasteiger partial charge on any atom is -0.492 e. The van der Waals surface area contributed by atoms with Crippen LogP contribution in [0.4, 0.5) is 5.69 Å². The first kappa shape index (κ1) is 27.1. The van der Waals surface area contributed by atoms with E-state index in [2.05, 4.69) is 15.5 Å². The number of aromatic nitrogens is 3. The summed E-state index contributed by atoms with van der Waals surface area (Å²) in [4.78, 5) is 24.4. The fraction of sp³-hybridized carbons (Fsp3) is 0.304. The van der Waals surface area contributed by atoms with E-state index in [1.54, 1.807) is 31.2 Å². The summed E-state index contributed by atoms with van der Waals surface area (Å²) in [7, 11) is 1.84. The molecule has 1 heterocycles. The molecule has 1 N–H and O–H groups in total. The lowest BCUT2D eigenvalue weighted by Gasteiger charge is -2.09. The number of rotatable bonds is 11. The molecular formula is C23H23Cl3N4O4S. The fourth-order valence-electron chi connectivity index (χ4n) is 2.97. The molecule has 0 spiro atoms. The van der Waals surface area contributed by atoms with Crippen LogP contribution < -0.4 is 10.1 Å². The van der Waals surface area contributed by atoms with E-state index in [0.29, 0.717) is 56.7 Å². The number of aryl methyl sites for hydroxylation is 1. The summed E-state index contributed by atoms with van der Waals surface area (Å²) >= 11 is 19.4. The van der Waals surface area contributed by atoms with Crippen LogP contribution in [-0.2, 0) is 23.0 Å². The molecule has 0 aliphatic heterocycles. The topological polar surface area (TPSA) is 95.3 Å². The molecule has 2 aromatic carbocycles. The maximum absolute atomic E-state index is 12.5. The van der Waals surface area contributed by atoms with Crippen molar-refractivity contribution in [3.8, 4) is 5.75 Å². The third-order valence-electron chi connectivity index (χ3n) is 4.71. The van der Waals surface area contributed by atoms with Crippen molar-refractivity contribution < 1.29 is 19.1 Å². The van der Waals surface area contributed by atoms with E-state index < -0.39 is 5.97 Å². The quantitative estimate of drug-likeness (QED) is 0.184. The highest BCUT2D eigenvalue weighted by molar-refractivity contribution is 7.99. The molecule has 8 nitrogen and oxygen atoms in total. The first-order chi connectivity index (χ1) is 16.8. The van der Waals surface area contributed by atoms with E-state index in [4.69, 9.17) is 44.3 Å². The van der Waals surface area contributed by atoms with Gasteiger partial charge in [-0.2, -0.15) is 0 Å². The highest BCUT2D eigenvalue weighted by Gasteiger charge is 2.15. The maximum atomic E-state index is 12.5. The number of carbonyl (C=O) groups is 2. The molecule has 0 radical (unpaired) electrons. The van der Waals surface area contributed by atoms with E-state index in [9.17, 15) is 9.59 Å². The van der Waals surface area contributed by atoms with Crippen molar-refractivity contribution in [1.29, 1.82) is 0 Å². The molecule has 35 heavy (non-hydrogen) atoms. The third-order valence-corrected chi connectivity index (χ3v) is 6.59. The summed E-state index contributed by atoms with van der Waals surface area (Å²) in [6.07, 6.45) is 1.34. The normalized spacial score (nSPS) is 10.8. The lowest BCUT2D eigenvalue weighted by molar-refractivity contribution is -0.113. The van der Waals surface area contributed by atoms with Crippen molar-refractivity contribution in [2.45, 2.75) is 24.9 Å². The van der Waals surface area contributed by atoms with Gasteiger partial charge in [-0.15, -0.1) is 10.2 Å². The third kappa shape index (κ3) is 7.76. The largest absolute Gasteiger partial charge is 0.492 e. The number of nitrogens with one attached hydrogen (secondary N) is 1. The molecule has 0 aliphatic carbocycles. The number of halogens is 3. The number of nitrogens with zero attached hydrogens (tertiary/aromatic N) is 3. The number of thioether (sulfide) groups is 1. The Balaban J connectivity index is 1.48. The van der Waals surface area contributed by atoms with Gasteiger partial charge in [-0.25, -0.2) is 4.79 Å². The lowest BCUT2D eigenvalue weighted by Crippen LogP contribution is -2.15. The highest BCUT2D eigenvalue weighted by Crippen LogP contribution is 2.28. The molecule has 12 heteroatoms. The van der Waals surface area contributed by atoms with Crippen LogP contribution >= 0.6 is 46.6 Å². The zero-order valence-electron chi connectivity index (χ0n) is 19.0. The summed E-state index contributed by atoms with van der Waals surface area (Å²) in [5.41, 5.74) is 0.640. The smallest absolute Gasteiger partial charge is 0.338 e. The van der Waals surface area contributed by atoms with Crippen molar-refractivity contribution in [2.75, 3.05) is 24.3 Å². The molecule has 0 fully saturated rings. The van der Waals surface area contributed by atoms with Crippen LogP contribution in [0.25, 0.3) is 0 Å². The molecule has 1 amide bonds. The van der Waals surface area contributed by atoms with Gasteiger partial charge in [0.05, 0.1) is 40.3 Å². The average Bonchev–Trinajstić information content (AvgIpc) is 3.17. The fourth-order valence-corrected chi connectivity index (χ4v) is 4.33. The van der Waals surface area contributed by atoms with E-state index in [1.807, 2.05) is 11.6 Å². The van der Waals surface area contributed by atoms with Crippen molar-refractivity contribution in [1.82, 2.24) is 14.8 Å². The first-order valence-corrected chi connectivity index (χ1v) is 12.8. The Bertz CT molecular complexity index is 1210. The number of hydrogen-bond donors (Lipinski definition) is 1. The zero-order valence-corrected chi connectivity index (χ0v) is 22.1. The van der Waals surface area contributed by atoms with Gasteiger partial charge in [0, 0.05) is 18.5 Å². The van der Waals surface area contributed by atoms with E-state index in [0.717, 1.165) is 5.82 Å². The van der Waals surface area contributed by atoms with Crippen LogP contribution in [0, 0.1) is 0 Å². The van der Waals surface area contributed by atoms with Crippen LogP contribution in [0.5, 0.6) is 5.75 Å². The van der Waals surface area contributed by atoms with Crippen LogP contribution in [0.15, 0.2) is 41.6 Å². The number of hydrogen-bond acceptors (Lipinski definition) is 7. The SMILES string of the molecule is CCOC(=O)c1ccc(Cl)c(NC(=O)CSc2nnc(CCCOc3ccc(Cl)cc3Cl)n2C)c1. The molecule has 0 saturated heterocycles. The molecule has 0 atom stereocenters. The molecule has 3 aromatic rings. The van der Waals surface area contributed by atoms with Gasteiger partial charge in [0.15, 0.2) is 5.16 Å². The van der Waals surface area contributed by atoms with E-state index in [1.165, 1.54) is 23.9 Å². The Kier molecular flexibility index (Phi) is 10.1. The average molecular weight is 558 g/mol. The lowest BCUT2D eigenvalue weighted by atomic mass is 10.2. The Hall–Kier alpha value is -2.46. The molecule has 0 aliphatic rings. The van der Waals surface area contributed by atoms with Crippen LogP contribution in [-0.4, -0.2) is 45.6 Å². The van der Waals surface area contributed by atoms with Crippen molar-refractivity contribution >= 4 is 64.1 Å². The van der Waals surface area contributed by atoms with Crippen molar-refractivity contribution in [2.24, 2.45) is 7.05 Å². The molecule has 0 saturated carbocycles. The van der Waals surface area contributed by atoms with Gasteiger partial charge in [0.1, 0.15) is 11.6 Å². The molecule has 0 bridgehead atoms. The second-order valence-corrected chi connectivity index (χ2v) is 9.43. The van der Waals surface area contributed by atoms with E-state index >= 15 is 0 Å². The second kappa shape index (κ2) is 13.0. The van der Waals surface area contributed by atoms with Crippen LogP contribution in [0.2, 0.25) is 15.1 Å². The van der Waals surface area contributed by atoms with E-state index in [-0.39, 0.29) is 18.3 Å². The van der Waals surface area contributed by atoms with Crippen LogP contribution in [0.1, 0.15) is 29.5 Å². The molecule has 186 valence electrons. The Morgan fingerprint density at radius 3 is 2.63 bits per heavy atom. The van der Waals surface area contributed by atoms with Gasteiger partial charge in [-0.05, 0) is 49.7 Å². The van der Waals surface area contributed by atoms with Gasteiger partial charge in [-0.1, -0.05) is 46.6 Å². The summed E-state index contributed by atoms with van der Waals surface area (Å²) in [5.74, 6) is 0.649. The van der Waals surface area contributed by atoms with Gasteiger partial charge in [0.25, 0.3) is 0 Å². The minimum atomic E-state index is -0.484. The number of esters is 1. The minimum absolute atomic E-state index is 0.0874. The van der Waals surface area contributed by atoms with Gasteiger partial charge in [-0.3, -0.25) is 4.79 Å².